The Kier molecular flexibility index (Phi) is 3.56. The molecule has 0 N–H and O–H groups in total. The van der Waals surface area contributed by atoms with Crippen LogP contribution in [0.1, 0.15) is 43.6 Å². The summed E-state index contributed by atoms with van der Waals surface area (Å²) in [4.78, 5) is 0. The van der Waals surface area contributed by atoms with Crippen LogP contribution in [0, 0.1) is 6.92 Å². The van der Waals surface area contributed by atoms with E-state index in [0.29, 0.717) is 5.41 Å². The summed E-state index contributed by atoms with van der Waals surface area (Å²) in [6.07, 6.45) is 3.57. The summed E-state index contributed by atoms with van der Waals surface area (Å²) in [5.74, 6) is 0.917. The molecule has 0 radical (unpaired) electrons. The quantitative estimate of drug-likeness (QED) is 0.596. The second-order valence-corrected chi connectivity index (χ2v) is 7.13. The van der Waals surface area contributed by atoms with Crippen LogP contribution in [0.15, 0.2) is 53.1 Å². The number of nitrogens with zero attached hydrogens (tertiary/aromatic N) is 1. The summed E-state index contributed by atoms with van der Waals surface area (Å²) in [7, 11) is 0. The van der Waals surface area contributed by atoms with Gasteiger partial charge in [0.25, 0.3) is 0 Å². The molecule has 0 unspecified atom stereocenters. The number of rotatable bonds is 4. The van der Waals surface area contributed by atoms with Gasteiger partial charge in [-0.15, -0.1) is 0 Å². The third kappa shape index (κ3) is 2.56. The van der Waals surface area contributed by atoms with Crippen molar-refractivity contribution in [2.75, 3.05) is 0 Å². The van der Waals surface area contributed by atoms with Crippen LogP contribution in [-0.4, -0.2) is 5.16 Å². The van der Waals surface area contributed by atoms with Crippen LogP contribution in [0.3, 0.4) is 0 Å². The Bertz CT molecular complexity index is 852. The second kappa shape index (κ2) is 5.62. The highest BCUT2D eigenvalue weighted by molar-refractivity contribution is 5.70. The first kappa shape index (κ1) is 15.2. The molecule has 2 nitrogen and oxygen atoms in total. The average Bonchev–Trinajstić information content (AvgIpc) is 3.26. The van der Waals surface area contributed by atoms with Crippen LogP contribution in [0.4, 0.5) is 0 Å². The van der Waals surface area contributed by atoms with Crippen molar-refractivity contribution in [3.05, 3.63) is 65.4 Å². The highest BCUT2D eigenvalue weighted by atomic mass is 16.5. The monoisotopic (exact) mass is 317 g/mol. The zero-order chi connectivity index (χ0) is 16.7. The van der Waals surface area contributed by atoms with Gasteiger partial charge in [-0.2, -0.15) is 0 Å². The Balaban J connectivity index is 1.61. The van der Waals surface area contributed by atoms with Gasteiger partial charge < -0.3 is 4.52 Å². The van der Waals surface area contributed by atoms with Gasteiger partial charge in [0.05, 0.1) is 0 Å². The van der Waals surface area contributed by atoms with Crippen LogP contribution in [0.25, 0.3) is 22.4 Å². The summed E-state index contributed by atoms with van der Waals surface area (Å²) in [5.41, 5.74) is 7.70. The Morgan fingerprint density at radius 1 is 0.917 bits per heavy atom. The Morgan fingerprint density at radius 2 is 1.46 bits per heavy atom. The summed E-state index contributed by atoms with van der Waals surface area (Å²) >= 11 is 0. The Labute approximate surface area is 143 Å². The van der Waals surface area contributed by atoms with Crippen molar-refractivity contribution in [1.29, 1.82) is 0 Å². The van der Waals surface area contributed by atoms with Gasteiger partial charge in [0.2, 0.25) is 0 Å². The first-order chi connectivity index (χ1) is 11.6. The molecule has 0 aliphatic heterocycles. The maximum absolute atomic E-state index is 5.36. The fourth-order valence-electron chi connectivity index (χ4n) is 3.40. The minimum atomic E-state index is 0.434. The normalized spacial score (nSPS) is 15.5. The van der Waals surface area contributed by atoms with Crippen molar-refractivity contribution >= 4 is 0 Å². The fraction of sp³-hybridized carbons (Fsp3) is 0.318. The van der Waals surface area contributed by atoms with Crippen LogP contribution in [0.2, 0.25) is 0 Å². The van der Waals surface area contributed by atoms with E-state index in [2.05, 4.69) is 67.5 Å². The standard InChI is InChI=1S/C22H23NO/c1-4-20-15(2)24-23-21(20)18-7-5-16(6-8-18)17-9-11-19(12-10-17)22(3)13-14-22/h5-12H,4,13-14H2,1-3H3. The molecule has 2 aromatic carbocycles. The van der Waals surface area contributed by atoms with Gasteiger partial charge in [-0.1, -0.05) is 67.5 Å². The smallest absolute Gasteiger partial charge is 0.137 e. The third-order valence-corrected chi connectivity index (χ3v) is 5.41. The molecule has 1 saturated carbocycles. The molecule has 0 spiro atoms. The minimum Gasteiger partial charge on any atom is -0.361 e. The first-order valence-electron chi connectivity index (χ1n) is 8.77. The van der Waals surface area contributed by atoms with Crippen LogP contribution >= 0.6 is 0 Å². The number of hydrogen-bond acceptors (Lipinski definition) is 2. The van der Waals surface area contributed by atoms with Gasteiger partial charge in [-0.25, -0.2) is 0 Å². The van der Waals surface area contributed by atoms with E-state index < -0.39 is 0 Å². The van der Waals surface area contributed by atoms with Crippen LogP contribution < -0.4 is 0 Å². The van der Waals surface area contributed by atoms with Gasteiger partial charge in [-0.3, -0.25) is 0 Å². The topological polar surface area (TPSA) is 26.0 Å². The summed E-state index contributed by atoms with van der Waals surface area (Å²) in [6, 6.07) is 17.7. The van der Waals surface area contributed by atoms with Crippen molar-refractivity contribution in [3.63, 3.8) is 0 Å². The van der Waals surface area contributed by atoms with Gasteiger partial charge in [0, 0.05) is 11.1 Å². The molecule has 1 aliphatic rings. The van der Waals surface area contributed by atoms with Crippen molar-refractivity contribution in [2.45, 2.75) is 45.4 Å². The van der Waals surface area contributed by atoms with Crippen molar-refractivity contribution < 1.29 is 4.52 Å². The third-order valence-electron chi connectivity index (χ3n) is 5.41. The Morgan fingerprint density at radius 3 is 2.00 bits per heavy atom. The van der Waals surface area contributed by atoms with Gasteiger partial charge >= 0.3 is 0 Å². The average molecular weight is 317 g/mol. The molecule has 4 rings (SSSR count). The lowest BCUT2D eigenvalue weighted by molar-refractivity contribution is 0.398. The number of hydrogen-bond donors (Lipinski definition) is 0. The molecule has 1 fully saturated rings. The van der Waals surface area contributed by atoms with E-state index in [4.69, 9.17) is 4.52 Å². The van der Waals surface area contributed by atoms with Crippen LogP contribution in [-0.2, 0) is 11.8 Å². The molecule has 1 aliphatic carbocycles. The van der Waals surface area contributed by atoms with Crippen molar-refractivity contribution in [1.82, 2.24) is 5.16 Å². The number of benzene rings is 2. The lowest BCUT2D eigenvalue weighted by Gasteiger charge is -2.10. The van der Waals surface area contributed by atoms with E-state index in [0.717, 1.165) is 23.4 Å². The maximum Gasteiger partial charge on any atom is 0.137 e. The molecular weight excluding hydrogens is 294 g/mol. The zero-order valence-electron chi connectivity index (χ0n) is 14.6. The summed E-state index contributed by atoms with van der Waals surface area (Å²) < 4.78 is 5.36. The van der Waals surface area contributed by atoms with Crippen LogP contribution in [0.5, 0.6) is 0 Å². The van der Waals surface area contributed by atoms with Crippen molar-refractivity contribution in [3.8, 4) is 22.4 Å². The number of aromatic nitrogens is 1. The van der Waals surface area contributed by atoms with E-state index in [1.54, 1.807) is 0 Å². The molecule has 2 heteroatoms. The minimum absolute atomic E-state index is 0.434. The fourth-order valence-corrected chi connectivity index (χ4v) is 3.40. The van der Waals surface area contributed by atoms with E-state index in [1.807, 2.05) is 6.92 Å². The highest BCUT2D eigenvalue weighted by Crippen LogP contribution is 2.47. The molecule has 0 amide bonds. The van der Waals surface area contributed by atoms with Gasteiger partial charge in [-0.05, 0) is 48.3 Å². The Hall–Kier alpha value is -2.35. The largest absolute Gasteiger partial charge is 0.361 e. The molecule has 3 aromatic rings. The molecule has 1 aromatic heterocycles. The van der Waals surface area contributed by atoms with E-state index >= 15 is 0 Å². The lowest BCUT2D eigenvalue weighted by Crippen LogP contribution is -1.98. The lowest BCUT2D eigenvalue weighted by atomic mass is 9.95. The molecule has 122 valence electrons. The molecule has 24 heavy (non-hydrogen) atoms. The van der Waals surface area contributed by atoms with E-state index in [9.17, 15) is 0 Å². The summed E-state index contributed by atoms with van der Waals surface area (Å²) in [5, 5.41) is 4.23. The maximum atomic E-state index is 5.36. The second-order valence-electron chi connectivity index (χ2n) is 7.13. The molecule has 0 saturated heterocycles. The summed E-state index contributed by atoms with van der Waals surface area (Å²) in [6.45, 7) is 6.47. The molecule has 0 atom stereocenters. The van der Waals surface area contributed by atoms with E-state index in [-0.39, 0.29) is 0 Å². The first-order valence-corrected chi connectivity index (χ1v) is 8.77. The van der Waals surface area contributed by atoms with Gasteiger partial charge in [0.15, 0.2) is 0 Å². The molecule has 1 heterocycles. The van der Waals surface area contributed by atoms with Gasteiger partial charge in [0.1, 0.15) is 11.5 Å². The predicted molar refractivity (Wildman–Crippen MR) is 98.1 cm³/mol. The SMILES string of the molecule is CCc1c(-c2ccc(-c3ccc(C4(C)CC4)cc3)cc2)noc1C. The predicted octanol–water partition coefficient (Wildman–Crippen LogP) is 5.93. The molecule has 0 bridgehead atoms. The molecular formula is C22H23NO. The zero-order valence-corrected chi connectivity index (χ0v) is 14.6. The van der Waals surface area contributed by atoms with E-state index in [1.165, 1.54) is 35.1 Å². The van der Waals surface area contributed by atoms with Crippen molar-refractivity contribution in [2.24, 2.45) is 0 Å². The highest BCUT2D eigenvalue weighted by Gasteiger charge is 2.38. The number of aryl methyl sites for hydroxylation is 1.